The molecular weight excluding hydrogens is 533 g/mol. The summed E-state index contributed by atoms with van der Waals surface area (Å²) in [6.07, 6.45) is 1.72. The van der Waals surface area contributed by atoms with E-state index >= 15 is 0 Å². The van der Waals surface area contributed by atoms with Crippen molar-refractivity contribution in [1.82, 2.24) is 15.7 Å². The molecule has 15 heavy (non-hydrogen) atoms. The largest absolute Gasteiger partial charge is 0.288 e. The van der Waals surface area contributed by atoms with Gasteiger partial charge in [-0.1, -0.05) is 0 Å². The number of hydrazone groups is 1. The second-order valence-electron chi connectivity index (χ2n) is 4.06. The Morgan fingerprint density at radius 2 is 1.93 bits per heavy atom. The molecule has 0 fully saturated rings. The molecule has 0 saturated heterocycles. The van der Waals surface area contributed by atoms with Gasteiger partial charge in [0.25, 0.3) is 0 Å². The van der Waals surface area contributed by atoms with Gasteiger partial charge >= 0.3 is 0 Å². The van der Waals surface area contributed by atoms with Crippen molar-refractivity contribution in [2.24, 2.45) is 5.10 Å². The molecule has 4 nitrogen and oxygen atoms in total. The van der Waals surface area contributed by atoms with Crippen molar-refractivity contribution in [3.05, 3.63) is 5.17 Å². The van der Waals surface area contributed by atoms with Gasteiger partial charge in [0.2, 0.25) is 0 Å². The van der Waals surface area contributed by atoms with Gasteiger partial charge in [0, 0.05) is 3.58 Å². The lowest BCUT2D eigenvalue weighted by Gasteiger charge is -2.36. The molecule has 0 atom stereocenters. The quantitative estimate of drug-likeness (QED) is 0.541. The minimum absolute atomic E-state index is 0.00632. The van der Waals surface area contributed by atoms with Crippen LogP contribution in [0.4, 0.5) is 0 Å². The minimum Gasteiger partial charge on any atom is -0.288 e. The standard InChI is InChI=1S/C8H13I3N4/c1-8(2,3)15-13-5-12-14(15)4-6(9)7(10)11/h5H,4H2,1-3H3,(H,12,13). The van der Waals surface area contributed by atoms with Crippen molar-refractivity contribution in [1.29, 1.82) is 0 Å². The summed E-state index contributed by atoms with van der Waals surface area (Å²) in [4.78, 5) is 0. The highest BCUT2D eigenvalue weighted by molar-refractivity contribution is 14.2. The molecule has 0 unspecified atom stereocenters. The Balaban J connectivity index is 2.69. The molecule has 0 saturated carbocycles. The first-order chi connectivity index (χ1) is 6.82. The monoisotopic (exact) mass is 546 g/mol. The number of halogens is 3. The Labute approximate surface area is 131 Å². The lowest BCUT2D eigenvalue weighted by atomic mass is 10.1. The number of nitrogens with zero attached hydrogens (tertiary/aromatic N) is 3. The number of rotatable bonds is 2. The first-order valence-corrected chi connectivity index (χ1v) is 7.62. The highest BCUT2D eigenvalue weighted by Gasteiger charge is 2.29. The highest BCUT2D eigenvalue weighted by atomic mass is 127. The summed E-state index contributed by atoms with van der Waals surface area (Å²) in [5.74, 6) is 0. The molecule has 7 heteroatoms. The van der Waals surface area contributed by atoms with Crippen LogP contribution in [-0.4, -0.2) is 28.7 Å². The van der Waals surface area contributed by atoms with E-state index in [2.05, 4.69) is 99.1 Å². The predicted octanol–water partition coefficient (Wildman–Crippen LogP) is 3.24. The lowest BCUT2D eigenvalue weighted by Crippen LogP contribution is -2.51. The Kier molecular flexibility index (Phi) is 5.37. The van der Waals surface area contributed by atoms with Crippen molar-refractivity contribution in [3.63, 3.8) is 0 Å². The van der Waals surface area contributed by atoms with Crippen LogP contribution in [0.5, 0.6) is 0 Å². The molecule has 0 bridgehead atoms. The Morgan fingerprint density at radius 3 is 2.40 bits per heavy atom. The summed E-state index contributed by atoms with van der Waals surface area (Å²) in [5.41, 5.74) is 3.11. The normalized spacial score (nSPS) is 16.8. The Hall–Kier alpha value is 1.16. The van der Waals surface area contributed by atoms with Crippen LogP contribution >= 0.6 is 67.8 Å². The molecule has 0 spiro atoms. The van der Waals surface area contributed by atoms with E-state index in [1.807, 2.05) is 10.2 Å². The Bertz CT molecular complexity index is 291. The topological polar surface area (TPSA) is 30.9 Å². The summed E-state index contributed by atoms with van der Waals surface area (Å²) >= 11 is 7.02. The van der Waals surface area contributed by atoms with Crippen LogP contribution in [0.25, 0.3) is 0 Å². The summed E-state index contributed by atoms with van der Waals surface area (Å²) in [6.45, 7) is 7.24. The van der Waals surface area contributed by atoms with Gasteiger partial charge in [-0.15, -0.1) is 10.2 Å². The molecule has 1 aliphatic rings. The molecule has 1 heterocycles. The van der Waals surface area contributed by atoms with Crippen LogP contribution in [0.2, 0.25) is 0 Å². The first kappa shape index (κ1) is 14.2. The van der Waals surface area contributed by atoms with Crippen molar-refractivity contribution in [3.8, 4) is 0 Å². The van der Waals surface area contributed by atoms with Crippen molar-refractivity contribution in [2.75, 3.05) is 6.54 Å². The van der Waals surface area contributed by atoms with E-state index in [0.717, 1.165) is 6.54 Å². The zero-order chi connectivity index (χ0) is 11.6. The minimum atomic E-state index is -0.00632. The molecule has 1 N–H and O–H groups in total. The fourth-order valence-electron chi connectivity index (χ4n) is 1.10. The molecule has 86 valence electrons. The maximum atomic E-state index is 4.29. The second kappa shape index (κ2) is 5.67. The number of nitrogens with one attached hydrogen (secondary N) is 1. The van der Waals surface area contributed by atoms with Crippen LogP contribution in [0.15, 0.2) is 10.3 Å². The van der Waals surface area contributed by atoms with E-state index < -0.39 is 0 Å². The van der Waals surface area contributed by atoms with E-state index in [4.69, 9.17) is 0 Å². The van der Waals surface area contributed by atoms with Gasteiger partial charge in [-0.25, -0.2) is 5.12 Å². The maximum Gasteiger partial charge on any atom is 0.126 e. The maximum absolute atomic E-state index is 4.29. The van der Waals surface area contributed by atoms with Gasteiger partial charge in [0.15, 0.2) is 0 Å². The van der Waals surface area contributed by atoms with Crippen molar-refractivity contribution < 1.29 is 0 Å². The van der Waals surface area contributed by atoms with E-state index in [9.17, 15) is 0 Å². The summed E-state index contributed by atoms with van der Waals surface area (Å²) in [6, 6.07) is 0. The van der Waals surface area contributed by atoms with Crippen LogP contribution < -0.4 is 5.43 Å². The summed E-state index contributed by atoms with van der Waals surface area (Å²) in [7, 11) is 0. The highest BCUT2D eigenvalue weighted by Crippen LogP contribution is 2.27. The SMILES string of the molecule is CC(C)(C)N1N=CNN1CC(I)=C(I)I. The summed E-state index contributed by atoms with van der Waals surface area (Å²) < 4.78 is 2.59. The molecule has 0 aromatic rings. The molecule has 0 aromatic heterocycles. The van der Waals surface area contributed by atoms with E-state index in [-0.39, 0.29) is 5.54 Å². The zero-order valence-corrected chi connectivity index (χ0v) is 15.2. The van der Waals surface area contributed by atoms with Gasteiger partial charge in [-0.3, -0.25) is 5.43 Å². The number of hydrogen-bond acceptors (Lipinski definition) is 4. The van der Waals surface area contributed by atoms with Gasteiger partial charge in [0.1, 0.15) is 6.34 Å². The average molecular weight is 546 g/mol. The zero-order valence-electron chi connectivity index (χ0n) is 8.76. The average Bonchev–Trinajstić information content (AvgIpc) is 2.50. The van der Waals surface area contributed by atoms with Gasteiger partial charge in [0.05, 0.1) is 13.7 Å². The third-order valence-electron chi connectivity index (χ3n) is 1.70. The van der Waals surface area contributed by atoms with Gasteiger partial charge in [-0.2, -0.15) is 0 Å². The van der Waals surface area contributed by atoms with Crippen molar-refractivity contribution in [2.45, 2.75) is 26.3 Å². The number of hydrogen-bond donors (Lipinski definition) is 1. The third-order valence-corrected chi connectivity index (χ3v) is 5.94. The van der Waals surface area contributed by atoms with Gasteiger partial charge in [-0.05, 0) is 88.5 Å². The molecule has 1 rings (SSSR count). The van der Waals surface area contributed by atoms with E-state index in [1.54, 1.807) is 6.34 Å². The molecular formula is C8H13I3N4. The lowest BCUT2D eigenvalue weighted by molar-refractivity contribution is -0.0839. The van der Waals surface area contributed by atoms with Crippen LogP contribution in [-0.2, 0) is 0 Å². The fraction of sp³-hybridized carbons (Fsp3) is 0.625. The van der Waals surface area contributed by atoms with Crippen LogP contribution in [0.3, 0.4) is 0 Å². The van der Waals surface area contributed by atoms with E-state index in [1.165, 1.54) is 5.17 Å². The van der Waals surface area contributed by atoms with Gasteiger partial charge < -0.3 is 0 Å². The molecule has 0 aliphatic carbocycles. The van der Waals surface area contributed by atoms with Crippen LogP contribution in [0.1, 0.15) is 20.8 Å². The third kappa shape index (κ3) is 4.15. The smallest absolute Gasteiger partial charge is 0.126 e. The molecule has 0 aromatic carbocycles. The fourth-order valence-corrected chi connectivity index (χ4v) is 1.77. The predicted molar refractivity (Wildman–Crippen MR) is 89.0 cm³/mol. The number of hydrazine groups is 2. The van der Waals surface area contributed by atoms with E-state index in [0.29, 0.717) is 0 Å². The molecule has 0 amide bonds. The van der Waals surface area contributed by atoms with Crippen LogP contribution in [0, 0.1) is 0 Å². The van der Waals surface area contributed by atoms with Crippen molar-refractivity contribution >= 4 is 74.1 Å². The molecule has 1 aliphatic heterocycles. The molecule has 0 radical (unpaired) electrons. The second-order valence-corrected chi connectivity index (χ2v) is 9.58. The summed E-state index contributed by atoms with van der Waals surface area (Å²) in [5, 5.41) is 8.27. The first-order valence-electron chi connectivity index (χ1n) is 4.38. The Morgan fingerprint density at radius 1 is 1.33 bits per heavy atom.